The molecule has 0 fully saturated rings. The molecule has 3 radical (unpaired) electrons. The van der Waals surface area contributed by atoms with Gasteiger partial charge < -0.3 is 6.42 Å². The molecule has 0 amide bonds. The van der Waals surface area contributed by atoms with Crippen molar-refractivity contribution in [1.29, 1.82) is 0 Å². The Morgan fingerprint density at radius 1 is 1.04 bits per heavy atom. The van der Waals surface area contributed by atoms with Gasteiger partial charge in [-0.25, -0.2) is 6.42 Å². The predicted molar refractivity (Wildman–Crippen MR) is 101 cm³/mol. The van der Waals surface area contributed by atoms with Crippen molar-refractivity contribution in [3.05, 3.63) is 75.7 Å². The van der Waals surface area contributed by atoms with Gasteiger partial charge in [0.05, 0.1) is 0 Å². The molecule has 0 nitrogen and oxygen atoms in total. The van der Waals surface area contributed by atoms with Crippen molar-refractivity contribution in [2.45, 2.75) is 59.3 Å². The molecular weight excluding hydrogens is 555 g/mol. The van der Waals surface area contributed by atoms with Crippen LogP contribution < -0.4 is 0 Å². The van der Waals surface area contributed by atoms with E-state index in [1.807, 2.05) is 0 Å². The second-order valence-electron chi connectivity index (χ2n) is 8.08. The van der Waals surface area contributed by atoms with Crippen LogP contribution in [0.2, 0.25) is 0 Å². The molecule has 2 aliphatic rings. The zero-order chi connectivity index (χ0) is 16.8. The van der Waals surface area contributed by atoms with Crippen molar-refractivity contribution in [2.24, 2.45) is 11.8 Å². The topological polar surface area (TPSA) is 0 Å². The van der Waals surface area contributed by atoms with Gasteiger partial charge in [-0.05, 0) is 42.2 Å². The normalized spacial score (nSPS) is 23.0. The van der Waals surface area contributed by atoms with Crippen molar-refractivity contribution in [3.63, 3.8) is 0 Å². The van der Waals surface area contributed by atoms with Crippen LogP contribution in [0.15, 0.2) is 24.3 Å². The molecule has 0 aromatic heterocycles. The Kier molecular flexibility index (Phi) is 11.3. The van der Waals surface area contributed by atoms with E-state index in [1.165, 1.54) is 36.0 Å². The summed E-state index contributed by atoms with van der Waals surface area (Å²) in [6.07, 6.45) is 7.20. The van der Waals surface area contributed by atoms with Gasteiger partial charge in [-0.15, -0.1) is 5.56 Å². The van der Waals surface area contributed by atoms with Gasteiger partial charge >= 0.3 is 0 Å². The first-order valence-corrected chi connectivity index (χ1v) is 9.50. The molecule has 0 heterocycles. The van der Waals surface area contributed by atoms with Gasteiger partial charge in [-0.2, -0.15) is 35.2 Å². The second-order valence-corrected chi connectivity index (χ2v) is 8.08. The molecule has 3 atom stereocenters. The molecule has 0 N–H and O–H groups in total. The zero-order valence-corrected chi connectivity index (χ0v) is 25.7. The first-order chi connectivity index (χ1) is 11.6. The molecule has 0 aliphatic heterocycles. The molecular formula is C24H28Y3-2. The van der Waals surface area contributed by atoms with E-state index < -0.39 is 0 Å². The average Bonchev–Trinajstić information content (AvgIpc) is 2.57. The zero-order valence-electron chi connectivity index (χ0n) is 17.2. The van der Waals surface area contributed by atoms with Crippen molar-refractivity contribution >= 4 is 0 Å². The summed E-state index contributed by atoms with van der Waals surface area (Å²) in [5, 5.41) is 0. The standard InChI is InChI=1S/C24H28.3Y/c1-15-9-12-22-20(13-15)14-17(3)18(4)24(22)23-16(2)10-11-19-7-5-6-8-21(19)23;;;/h5,9,11-13,17-18,24H,6-8,14H2,1-4H3;;;/q-2;;;/t17?,18-,24-;;;/m1.../s1. The third-order valence-electron chi connectivity index (χ3n) is 6.45. The van der Waals surface area contributed by atoms with Crippen LogP contribution in [0.4, 0.5) is 0 Å². The summed E-state index contributed by atoms with van der Waals surface area (Å²) in [5.41, 5.74) is 10.7. The molecule has 1 unspecified atom stereocenters. The van der Waals surface area contributed by atoms with Crippen LogP contribution in [0, 0.1) is 38.2 Å². The number of benzene rings is 2. The maximum absolute atomic E-state index is 3.58. The number of hydrogen-bond acceptors (Lipinski definition) is 0. The van der Waals surface area contributed by atoms with Crippen LogP contribution in [0.1, 0.15) is 65.1 Å². The van der Waals surface area contributed by atoms with E-state index in [9.17, 15) is 0 Å². The SMILES string of the molecule is Cc1ccc2c(c1)CC(C)[C@@H](C)[C@H]2c1c(C)[c-]cc2c1CC[CH-]C2.[Y].[Y].[Y]. The molecule has 0 saturated carbocycles. The largest absolute Gasteiger partial charge is 0.335 e. The maximum Gasteiger partial charge on any atom is 0 e. The summed E-state index contributed by atoms with van der Waals surface area (Å²) < 4.78 is 0. The molecule has 3 heteroatoms. The number of rotatable bonds is 1. The Morgan fingerprint density at radius 3 is 2.52 bits per heavy atom. The van der Waals surface area contributed by atoms with E-state index in [1.54, 1.807) is 22.3 Å². The fourth-order valence-corrected chi connectivity index (χ4v) is 4.94. The molecule has 0 bridgehead atoms. The van der Waals surface area contributed by atoms with E-state index >= 15 is 0 Å². The fraction of sp³-hybridized carbons (Fsp3) is 0.458. The molecule has 0 saturated heterocycles. The Bertz CT molecular complexity index is 781. The Balaban J connectivity index is 0.00000121. The van der Waals surface area contributed by atoms with Crippen molar-refractivity contribution in [1.82, 2.24) is 0 Å². The Hall–Kier alpha value is 1.75. The van der Waals surface area contributed by atoms with E-state index in [0.717, 1.165) is 12.3 Å². The van der Waals surface area contributed by atoms with Gasteiger partial charge in [-0.3, -0.25) is 0 Å². The summed E-state index contributed by atoms with van der Waals surface area (Å²) in [7, 11) is 0. The van der Waals surface area contributed by atoms with Gasteiger partial charge in [0.25, 0.3) is 0 Å². The monoisotopic (exact) mass is 583 g/mol. The Morgan fingerprint density at radius 2 is 1.78 bits per heavy atom. The van der Waals surface area contributed by atoms with Crippen LogP contribution in [0.3, 0.4) is 0 Å². The average molecular weight is 583 g/mol. The fourth-order valence-electron chi connectivity index (χ4n) is 4.94. The minimum absolute atomic E-state index is 0. The first kappa shape index (κ1) is 26.8. The molecule has 135 valence electrons. The maximum atomic E-state index is 3.58. The van der Waals surface area contributed by atoms with Crippen molar-refractivity contribution < 1.29 is 98.1 Å². The van der Waals surface area contributed by atoms with Gasteiger partial charge in [-0.1, -0.05) is 51.0 Å². The summed E-state index contributed by atoms with van der Waals surface area (Å²) in [5.74, 6) is 1.95. The van der Waals surface area contributed by atoms with Gasteiger partial charge in [0, 0.05) is 98.1 Å². The second kappa shape index (κ2) is 11.4. The minimum Gasteiger partial charge on any atom is -0.335 e. The summed E-state index contributed by atoms with van der Waals surface area (Å²) in [6, 6.07) is 13.0. The quantitative estimate of drug-likeness (QED) is 0.376. The molecule has 27 heavy (non-hydrogen) atoms. The number of fused-ring (bicyclic) bond motifs is 2. The van der Waals surface area contributed by atoms with Crippen molar-refractivity contribution in [2.75, 3.05) is 0 Å². The number of hydrogen-bond donors (Lipinski definition) is 0. The smallest absolute Gasteiger partial charge is 0 e. The molecule has 4 rings (SSSR count). The van der Waals surface area contributed by atoms with Gasteiger partial charge in [0.1, 0.15) is 0 Å². The van der Waals surface area contributed by atoms with Gasteiger partial charge in [0.15, 0.2) is 0 Å². The summed E-state index contributed by atoms with van der Waals surface area (Å²) in [6.45, 7) is 9.39. The van der Waals surface area contributed by atoms with Crippen LogP contribution in [-0.2, 0) is 117 Å². The van der Waals surface area contributed by atoms with E-state index in [2.05, 4.69) is 64.4 Å². The first-order valence-electron chi connectivity index (χ1n) is 9.50. The molecule has 2 aromatic rings. The summed E-state index contributed by atoms with van der Waals surface area (Å²) in [4.78, 5) is 0. The van der Waals surface area contributed by atoms with Crippen molar-refractivity contribution in [3.8, 4) is 0 Å². The Labute approximate surface area is 241 Å². The third-order valence-corrected chi connectivity index (χ3v) is 6.45. The van der Waals surface area contributed by atoms with E-state index in [0.29, 0.717) is 11.8 Å². The predicted octanol–water partition coefficient (Wildman–Crippen LogP) is 5.75. The molecule has 2 aromatic carbocycles. The molecule has 0 spiro atoms. The van der Waals surface area contributed by atoms with E-state index in [-0.39, 0.29) is 98.1 Å². The van der Waals surface area contributed by atoms with Crippen LogP contribution in [-0.4, -0.2) is 0 Å². The number of aryl methyl sites for hydroxylation is 2. The molecule has 2 aliphatic carbocycles. The third kappa shape index (κ3) is 5.33. The van der Waals surface area contributed by atoms with Crippen LogP contribution >= 0.6 is 0 Å². The van der Waals surface area contributed by atoms with Gasteiger partial charge in [0.2, 0.25) is 0 Å². The van der Waals surface area contributed by atoms with Crippen LogP contribution in [0.25, 0.3) is 0 Å². The summed E-state index contributed by atoms with van der Waals surface area (Å²) >= 11 is 0. The minimum atomic E-state index is 0. The van der Waals surface area contributed by atoms with Crippen LogP contribution in [0.5, 0.6) is 0 Å². The van der Waals surface area contributed by atoms with E-state index in [4.69, 9.17) is 0 Å².